The molecular weight excluding hydrogens is 360 g/mol. The van der Waals surface area contributed by atoms with Gasteiger partial charge in [0.05, 0.1) is 6.33 Å². The molecule has 1 aliphatic rings. The van der Waals surface area contributed by atoms with Gasteiger partial charge in [0.1, 0.15) is 6.04 Å². The number of carbonyl (C=O) groups is 1. The van der Waals surface area contributed by atoms with Gasteiger partial charge in [0, 0.05) is 37.2 Å². The Labute approximate surface area is 172 Å². The molecule has 1 saturated heterocycles. The predicted molar refractivity (Wildman–Crippen MR) is 115 cm³/mol. The molecule has 1 aromatic heterocycles. The fraction of sp³-hybridized carbons (Fsp3) is 0.333. The van der Waals surface area contributed by atoms with Gasteiger partial charge in [-0.1, -0.05) is 42.5 Å². The van der Waals surface area contributed by atoms with Crippen molar-refractivity contribution in [3.8, 4) is 5.69 Å². The lowest BCUT2D eigenvalue weighted by atomic mass is 10.0. The van der Waals surface area contributed by atoms with E-state index in [-0.39, 0.29) is 18.0 Å². The van der Waals surface area contributed by atoms with Crippen LogP contribution in [0.3, 0.4) is 0 Å². The van der Waals surface area contributed by atoms with E-state index in [1.165, 1.54) is 6.42 Å². The van der Waals surface area contributed by atoms with Crippen LogP contribution in [0.1, 0.15) is 49.4 Å². The summed E-state index contributed by atoms with van der Waals surface area (Å²) in [5, 5.41) is 3.59. The molecule has 1 amide bonds. The van der Waals surface area contributed by atoms with E-state index in [2.05, 4.69) is 41.5 Å². The zero-order chi connectivity index (χ0) is 20.1. The van der Waals surface area contributed by atoms with Crippen LogP contribution < -0.4 is 5.32 Å². The van der Waals surface area contributed by atoms with Crippen LogP contribution in [0, 0.1) is 0 Å². The number of likely N-dealkylation sites (tertiary alicyclic amines) is 1. The Hall–Kier alpha value is -2.92. The molecule has 0 unspecified atom stereocenters. The van der Waals surface area contributed by atoms with Crippen molar-refractivity contribution >= 4 is 5.91 Å². The topological polar surface area (TPSA) is 50.2 Å². The number of hydrogen-bond acceptors (Lipinski definition) is 3. The predicted octanol–water partition coefficient (Wildman–Crippen LogP) is 4.28. The van der Waals surface area contributed by atoms with Gasteiger partial charge >= 0.3 is 0 Å². The van der Waals surface area contributed by atoms with Crippen molar-refractivity contribution in [2.75, 3.05) is 13.1 Å². The van der Waals surface area contributed by atoms with Crippen molar-refractivity contribution in [2.45, 2.75) is 38.3 Å². The third-order valence-electron chi connectivity index (χ3n) is 5.66. The lowest BCUT2D eigenvalue weighted by molar-refractivity contribution is -0.134. The van der Waals surface area contributed by atoms with E-state index in [4.69, 9.17) is 0 Å². The van der Waals surface area contributed by atoms with Crippen molar-refractivity contribution in [1.29, 1.82) is 0 Å². The standard InChI is InChI=1S/C24H28N4O/c1-19(20-10-12-22(13-11-20)28-17-14-25-18-28)26-23(21-8-4-2-5-9-21)24(29)27-15-6-3-7-16-27/h2,4-5,8-14,17-19,23,26H,3,6-7,15-16H2,1H3/t19-,23+/m1/s1. The molecular formula is C24H28N4O. The van der Waals surface area contributed by atoms with Gasteiger partial charge in [-0.15, -0.1) is 0 Å². The smallest absolute Gasteiger partial charge is 0.244 e. The number of nitrogens with zero attached hydrogens (tertiary/aromatic N) is 3. The fourth-order valence-corrected chi connectivity index (χ4v) is 3.95. The molecule has 5 heteroatoms. The molecule has 1 aliphatic heterocycles. The van der Waals surface area contributed by atoms with Crippen molar-refractivity contribution in [1.82, 2.24) is 19.8 Å². The maximum Gasteiger partial charge on any atom is 0.244 e. The van der Waals surface area contributed by atoms with Gasteiger partial charge in [0.2, 0.25) is 5.91 Å². The summed E-state index contributed by atoms with van der Waals surface area (Å²) in [5.74, 6) is 0.179. The van der Waals surface area contributed by atoms with E-state index in [1.807, 2.05) is 46.0 Å². The minimum Gasteiger partial charge on any atom is -0.341 e. The van der Waals surface area contributed by atoms with Crippen LogP contribution in [0.5, 0.6) is 0 Å². The summed E-state index contributed by atoms with van der Waals surface area (Å²) in [5.41, 5.74) is 3.24. The van der Waals surface area contributed by atoms with Crippen LogP contribution in [0.2, 0.25) is 0 Å². The minimum absolute atomic E-state index is 0.0470. The molecule has 1 N–H and O–H groups in total. The maximum atomic E-state index is 13.3. The molecule has 0 aliphatic carbocycles. The van der Waals surface area contributed by atoms with E-state index in [0.29, 0.717) is 0 Å². The van der Waals surface area contributed by atoms with Crippen molar-refractivity contribution in [3.05, 3.63) is 84.4 Å². The summed E-state index contributed by atoms with van der Waals surface area (Å²) in [6, 6.07) is 18.2. The van der Waals surface area contributed by atoms with Gasteiger partial charge in [-0.25, -0.2) is 4.98 Å². The highest BCUT2D eigenvalue weighted by molar-refractivity contribution is 5.83. The summed E-state index contributed by atoms with van der Waals surface area (Å²) in [6.45, 7) is 3.83. The second kappa shape index (κ2) is 9.05. The second-order valence-electron chi connectivity index (χ2n) is 7.68. The number of carbonyl (C=O) groups excluding carboxylic acids is 1. The van der Waals surface area contributed by atoms with Gasteiger partial charge < -0.3 is 9.47 Å². The Morgan fingerprint density at radius 1 is 0.966 bits per heavy atom. The first-order chi connectivity index (χ1) is 14.2. The average molecular weight is 389 g/mol. The average Bonchev–Trinajstić information content (AvgIpc) is 3.33. The van der Waals surface area contributed by atoms with Crippen LogP contribution in [-0.4, -0.2) is 33.4 Å². The number of imidazole rings is 1. The minimum atomic E-state index is -0.336. The van der Waals surface area contributed by atoms with Gasteiger partial charge in [0.25, 0.3) is 0 Å². The van der Waals surface area contributed by atoms with Gasteiger partial charge in [-0.2, -0.15) is 0 Å². The van der Waals surface area contributed by atoms with Crippen LogP contribution in [-0.2, 0) is 4.79 Å². The Morgan fingerprint density at radius 2 is 1.69 bits per heavy atom. The zero-order valence-corrected chi connectivity index (χ0v) is 16.9. The lowest BCUT2D eigenvalue weighted by Crippen LogP contribution is -2.43. The molecule has 0 radical (unpaired) electrons. The number of piperidine rings is 1. The van der Waals surface area contributed by atoms with Crippen molar-refractivity contribution in [2.24, 2.45) is 0 Å². The first-order valence-corrected chi connectivity index (χ1v) is 10.4. The quantitative estimate of drug-likeness (QED) is 0.686. The molecule has 1 fully saturated rings. The number of benzene rings is 2. The first kappa shape index (κ1) is 19.4. The normalized spacial score (nSPS) is 16.4. The zero-order valence-electron chi connectivity index (χ0n) is 16.9. The van der Waals surface area contributed by atoms with Gasteiger partial charge in [-0.3, -0.25) is 10.1 Å². The molecule has 2 heterocycles. The van der Waals surface area contributed by atoms with Gasteiger partial charge in [-0.05, 0) is 49.4 Å². The van der Waals surface area contributed by atoms with Gasteiger partial charge in [0.15, 0.2) is 0 Å². The van der Waals surface area contributed by atoms with E-state index in [1.54, 1.807) is 12.5 Å². The van der Waals surface area contributed by atoms with Crippen LogP contribution in [0.4, 0.5) is 0 Å². The van der Waals surface area contributed by atoms with E-state index in [9.17, 15) is 4.79 Å². The third-order valence-corrected chi connectivity index (χ3v) is 5.66. The summed E-state index contributed by atoms with van der Waals surface area (Å²) in [4.78, 5) is 19.4. The maximum absolute atomic E-state index is 13.3. The molecule has 0 spiro atoms. The molecule has 2 atom stereocenters. The summed E-state index contributed by atoms with van der Waals surface area (Å²) >= 11 is 0. The Balaban J connectivity index is 1.52. The number of nitrogens with one attached hydrogen (secondary N) is 1. The highest BCUT2D eigenvalue weighted by Crippen LogP contribution is 2.24. The molecule has 5 nitrogen and oxygen atoms in total. The second-order valence-corrected chi connectivity index (χ2v) is 7.68. The van der Waals surface area contributed by atoms with E-state index >= 15 is 0 Å². The first-order valence-electron chi connectivity index (χ1n) is 10.4. The van der Waals surface area contributed by atoms with Crippen LogP contribution in [0.25, 0.3) is 5.69 Å². The highest BCUT2D eigenvalue weighted by atomic mass is 16.2. The number of amides is 1. The van der Waals surface area contributed by atoms with Crippen LogP contribution in [0.15, 0.2) is 73.3 Å². The largest absolute Gasteiger partial charge is 0.341 e. The Morgan fingerprint density at radius 3 is 2.34 bits per heavy atom. The molecule has 0 saturated carbocycles. The van der Waals surface area contributed by atoms with Crippen molar-refractivity contribution < 1.29 is 4.79 Å². The highest BCUT2D eigenvalue weighted by Gasteiger charge is 2.28. The summed E-state index contributed by atoms with van der Waals surface area (Å²) in [7, 11) is 0. The summed E-state index contributed by atoms with van der Waals surface area (Å²) < 4.78 is 1.98. The fourth-order valence-electron chi connectivity index (χ4n) is 3.95. The molecule has 3 aromatic rings. The molecule has 150 valence electrons. The van der Waals surface area contributed by atoms with Crippen LogP contribution >= 0.6 is 0 Å². The Kier molecular flexibility index (Phi) is 6.06. The number of hydrogen-bond donors (Lipinski definition) is 1. The molecule has 0 bridgehead atoms. The van der Waals surface area contributed by atoms with E-state index < -0.39 is 0 Å². The van der Waals surface area contributed by atoms with Crippen molar-refractivity contribution in [3.63, 3.8) is 0 Å². The number of aromatic nitrogens is 2. The SMILES string of the molecule is C[C@@H](N[C@H](C(=O)N1CCCCC1)c1ccccc1)c1ccc(-n2ccnc2)cc1. The number of rotatable bonds is 6. The third kappa shape index (κ3) is 4.57. The molecule has 29 heavy (non-hydrogen) atoms. The monoisotopic (exact) mass is 388 g/mol. The lowest BCUT2D eigenvalue weighted by Gasteiger charge is -2.32. The molecule has 2 aromatic carbocycles. The summed E-state index contributed by atoms with van der Waals surface area (Å²) in [6.07, 6.45) is 8.90. The van der Waals surface area contributed by atoms with E-state index in [0.717, 1.165) is 42.7 Å². The molecule has 4 rings (SSSR count). The Bertz CT molecular complexity index is 900.